The van der Waals surface area contributed by atoms with Crippen molar-refractivity contribution in [1.82, 2.24) is 10.2 Å². The molecular weight excluding hydrogens is 393 g/mol. The van der Waals surface area contributed by atoms with Gasteiger partial charge in [-0.15, -0.1) is 0 Å². The summed E-state index contributed by atoms with van der Waals surface area (Å²) in [6, 6.07) is 3.59. The summed E-state index contributed by atoms with van der Waals surface area (Å²) in [5.41, 5.74) is -0.298. The van der Waals surface area contributed by atoms with E-state index in [4.69, 9.17) is 4.74 Å². The van der Waals surface area contributed by atoms with Crippen molar-refractivity contribution in [2.75, 3.05) is 11.9 Å². The molecule has 162 valence electrons. The van der Waals surface area contributed by atoms with E-state index in [9.17, 15) is 23.6 Å². The highest BCUT2D eigenvalue weighted by Crippen LogP contribution is 2.38. The summed E-state index contributed by atoms with van der Waals surface area (Å²) in [7, 11) is 0. The Morgan fingerprint density at radius 2 is 2.10 bits per heavy atom. The molecule has 2 aliphatic rings. The third kappa shape index (κ3) is 4.15. The van der Waals surface area contributed by atoms with Crippen molar-refractivity contribution < 1.29 is 28.3 Å². The normalized spacial score (nSPS) is 24.5. The van der Waals surface area contributed by atoms with Crippen LogP contribution in [0.5, 0.6) is 0 Å². The molecule has 3 rings (SSSR count). The van der Waals surface area contributed by atoms with Crippen LogP contribution in [0.1, 0.15) is 45.1 Å². The van der Waals surface area contributed by atoms with E-state index in [0.29, 0.717) is 12.0 Å². The maximum atomic E-state index is 13.6. The maximum Gasteiger partial charge on any atom is 0.327 e. The molecule has 0 radical (unpaired) electrons. The van der Waals surface area contributed by atoms with Crippen molar-refractivity contribution in [3.63, 3.8) is 0 Å². The summed E-state index contributed by atoms with van der Waals surface area (Å²) < 4.78 is 18.7. The van der Waals surface area contributed by atoms with Crippen molar-refractivity contribution >= 4 is 29.5 Å². The molecule has 9 heteroatoms. The van der Waals surface area contributed by atoms with Crippen LogP contribution in [0.25, 0.3) is 0 Å². The number of benzene rings is 1. The lowest BCUT2D eigenvalue weighted by Crippen LogP contribution is -2.54. The zero-order valence-electron chi connectivity index (χ0n) is 17.3. The van der Waals surface area contributed by atoms with Gasteiger partial charge in [0.25, 0.3) is 11.8 Å². The summed E-state index contributed by atoms with van der Waals surface area (Å²) in [6.07, 6.45) is 1.99. The van der Waals surface area contributed by atoms with Gasteiger partial charge in [0.1, 0.15) is 17.9 Å². The minimum atomic E-state index is -1.19. The van der Waals surface area contributed by atoms with Gasteiger partial charge in [0.05, 0.1) is 0 Å². The number of rotatable bonds is 5. The van der Waals surface area contributed by atoms with E-state index < -0.39 is 47.8 Å². The first-order valence-corrected chi connectivity index (χ1v) is 10.0. The quantitative estimate of drug-likeness (QED) is 0.564. The molecule has 3 atom stereocenters. The number of urea groups is 1. The number of anilines is 1. The molecule has 1 aliphatic carbocycles. The van der Waals surface area contributed by atoms with Gasteiger partial charge < -0.3 is 15.4 Å². The van der Waals surface area contributed by atoms with Gasteiger partial charge in [0, 0.05) is 5.69 Å². The predicted octanol–water partition coefficient (Wildman–Crippen LogP) is 2.51. The van der Waals surface area contributed by atoms with Crippen LogP contribution in [-0.4, -0.2) is 46.9 Å². The Labute approximate surface area is 174 Å². The number of carbonyl (C=O) groups is 4. The van der Waals surface area contributed by atoms with E-state index in [1.807, 2.05) is 6.92 Å². The number of imide groups is 1. The molecule has 1 saturated heterocycles. The highest BCUT2D eigenvalue weighted by Gasteiger charge is 2.55. The molecule has 1 aromatic carbocycles. The number of hydrogen-bond donors (Lipinski definition) is 2. The standard InChI is InChI=1S/C21H26FN3O5/c1-12-7-8-15(10-16(12)22)23-18(27)14(3)30-17(26)11-25-19(28)21(24-20(25)29)9-5-4-6-13(21)2/h7-8,10,13-14H,4-6,9,11H2,1-3H3,(H,23,27)(H,24,29)/t13-,14+,21-/m0/s1. The van der Waals surface area contributed by atoms with Crippen LogP contribution in [0, 0.1) is 18.7 Å². The number of ether oxygens (including phenoxy) is 1. The number of carbonyl (C=O) groups excluding carboxylic acids is 4. The van der Waals surface area contributed by atoms with Gasteiger partial charge in [0.2, 0.25) is 0 Å². The van der Waals surface area contributed by atoms with Gasteiger partial charge in [0.15, 0.2) is 6.10 Å². The number of amides is 4. The van der Waals surface area contributed by atoms with E-state index in [1.165, 1.54) is 25.1 Å². The van der Waals surface area contributed by atoms with E-state index in [1.54, 1.807) is 6.92 Å². The lowest BCUT2D eigenvalue weighted by atomic mass is 9.73. The van der Waals surface area contributed by atoms with Gasteiger partial charge in [-0.05, 0) is 50.3 Å². The first-order chi connectivity index (χ1) is 14.1. The number of esters is 1. The number of halogens is 1. The lowest BCUT2D eigenvalue weighted by molar-refractivity contribution is -0.155. The highest BCUT2D eigenvalue weighted by molar-refractivity contribution is 6.09. The Bertz CT molecular complexity index is 889. The molecule has 1 saturated carbocycles. The van der Waals surface area contributed by atoms with Crippen LogP contribution in [0.4, 0.5) is 14.9 Å². The molecule has 4 amide bonds. The fourth-order valence-corrected chi connectivity index (χ4v) is 3.97. The van der Waals surface area contributed by atoms with Crippen molar-refractivity contribution in [2.45, 2.75) is 58.1 Å². The molecule has 1 heterocycles. The van der Waals surface area contributed by atoms with Crippen LogP contribution >= 0.6 is 0 Å². The molecule has 0 unspecified atom stereocenters. The van der Waals surface area contributed by atoms with Crippen molar-refractivity contribution in [2.24, 2.45) is 5.92 Å². The second-order valence-corrected chi connectivity index (χ2v) is 8.02. The Morgan fingerprint density at radius 3 is 2.77 bits per heavy atom. The topological polar surface area (TPSA) is 105 Å². The molecule has 0 aromatic heterocycles. The average molecular weight is 419 g/mol. The third-order valence-electron chi connectivity index (χ3n) is 5.91. The van der Waals surface area contributed by atoms with E-state index in [2.05, 4.69) is 10.6 Å². The van der Waals surface area contributed by atoms with Gasteiger partial charge in [-0.25, -0.2) is 9.18 Å². The molecular formula is C21H26FN3O5. The third-order valence-corrected chi connectivity index (χ3v) is 5.91. The van der Waals surface area contributed by atoms with E-state index in [0.717, 1.165) is 24.2 Å². The Morgan fingerprint density at radius 1 is 1.37 bits per heavy atom. The largest absolute Gasteiger partial charge is 0.451 e. The summed E-state index contributed by atoms with van der Waals surface area (Å²) in [5, 5.41) is 5.22. The number of nitrogens with one attached hydrogen (secondary N) is 2. The van der Waals surface area contributed by atoms with Gasteiger partial charge >= 0.3 is 12.0 Å². The monoisotopic (exact) mass is 419 g/mol. The van der Waals surface area contributed by atoms with E-state index in [-0.39, 0.29) is 11.6 Å². The predicted molar refractivity (Wildman–Crippen MR) is 106 cm³/mol. The first kappa shape index (κ1) is 21.7. The zero-order chi connectivity index (χ0) is 22.1. The van der Waals surface area contributed by atoms with Crippen LogP contribution < -0.4 is 10.6 Å². The fraction of sp³-hybridized carbons (Fsp3) is 0.524. The maximum absolute atomic E-state index is 13.6. The van der Waals surface area contributed by atoms with Crippen molar-refractivity contribution in [3.8, 4) is 0 Å². The SMILES string of the molecule is Cc1ccc(NC(=O)[C@@H](C)OC(=O)CN2C(=O)N[C@]3(CCCC[C@@H]3C)C2=O)cc1F. The Balaban J connectivity index is 1.58. The average Bonchev–Trinajstić information content (AvgIpc) is 2.92. The fourth-order valence-electron chi connectivity index (χ4n) is 3.97. The molecule has 2 N–H and O–H groups in total. The van der Waals surface area contributed by atoms with Crippen molar-refractivity contribution in [3.05, 3.63) is 29.6 Å². The molecule has 1 spiro atoms. The summed E-state index contributed by atoms with van der Waals surface area (Å²) in [4.78, 5) is 50.6. The van der Waals surface area contributed by atoms with Crippen LogP contribution in [0.3, 0.4) is 0 Å². The smallest absolute Gasteiger partial charge is 0.327 e. The minimum Gasteiger partial charge on any atom is -0.451 e. The highest BCUT2D eigenvalue weighted by atomic mass is 19.1. The number of hydrogen-bond acceptors (Lipinski definition) is 5. The summed E-state index contributed by atoms with van der Waals surface area (Å²) in [6.45, 7) is 4.29. The number of aryl methyl sites for hydroxylation is 1. The lowest BCUT2D eigenvalue weighted by Gasteiger charge is -2.36. The van der Waals surface area contributed by atoms with Crippen molar-refractivity contribution in [1.29, 1.82) is 0 Å². The Hall–Kier alpha value is -2.97. The number of nitrogens with zero attached hydrogens (tertiary/aromatic N) is 1. The molecule has 8 nitrogen and oxygen atoms in total. The first-order valence-electron chi connectivity index (χ1n) is 10.0. The molecule has 2 fully saturated rings. The molecule has 1 aliphatic heterocycles. The summed E-state index contributed by atoms with van der Waals surface area (Å²) in [5.74, 6) is -2.45. The van der Waals surface area contributed by atoms with Crippen LogP contribution in [0.15, 0.2) is 18.2 Å². The second kappa shape index (κ2) is 8.41. The van der Waals surface area contributed by atoms with E-state index >= 15 is 0 Å². The minimum absolute atomic E-state index is 0.0247. The molecule has 30 heavy (non-hydrogen) atoms. The van der Waals surface area contributed by atoms with Gasteiger partial charge in [-0.2, -0.15) is 0 Å². The summed E-state index contributed by atoms with van der Waals surface area (Å²) >= 11 is 0. The molecule has 1 aromatic rings. The van der Waals surface area contributed by atoms with Gasteiger partial charge in [-0.1, -0.05) is 25.8 Å². The second-order valence-electron chi connectivity index (χ2n) is 8.02. The van der Waals surface area contributed by atoms with Crippen LogP contribution in [0.2, 0.25) is 0 Å². The zero-order valence-corrected chi connectivity index (χ0v) is 17.3. The van der Waals surface area contributed by atoms with Gasteiger partial charge in [-0.3, -0.25) is 19.3 Å². The Kier molecular flexibility index (Phi) is 6.09. The van der Waals surface area contributed by atoms with Crippen LogP contribution in [-0.2, 0) is 19.1 Å². The molecule has 0 bridgehead atoms.